The Hall–Kier alpha value is -1.19. The quantitative estimate of drug-likeness (QED) is 0.614. The Morgan fingerprint density at radius 3 is 2.76 bits per heavy atom. The van der Waals surface area contributed by atoms with E-state index in [2.05, 4.69) is 64.2 Å². The maximum absolute atomic E-state index is 4.41. The lowest BCUT2D eigenvalue weighted by Gasteiger charge is -2.04. The van der Waals surface area contributed by atoms with Crippen molar-refractivity contribution in [3.63, 3.8) is 0 Å². The van der Waals surface area contributed by atoms with Crippen LogP contribution in [0.25, 0.3) is 21.3 Å². The molecule has 0 amide bonds. The van der Waals surface area contributed by atoms with E-state index in [0.29, 0.717) is 0 Å². The summed E-state index contributed by atoms with van der Waals surface area (Å²) in [6.07, 6.45) is 1.88. The van der Waals surface area contributed by atoms with Crippen LogP contribution in [0.5, 0.6) is 0 Å². The minimum atomic E-state index is 1.05. The van der Waals surface area contributed by atoms with E-state index in [0.717, 1.165) is 9.30 Å². The second-order valence-electron chi connectivity index (χ2n) is 3.98. The van der Waals surface area contributed by atoms with E-state index in [9.17, 15) is 0 Å². The van der Waals surface area contributed by atoms with Crippen LogP contribution in [0, 0.1) is 6.92 Å². The van der Waals surface area contributed by atoms with E-state index in [1.165, 1.54) is 21.4 Å². The SMILES string of the molecule is Cc1ccc2nccc(-c3ccc(Br)s3)c2c1. The molecule has 0 saturated heterocycles. The van der Waals surface area contributed by atoms with Crippen molar-refractivity contribution in [1.82, 2.24) is 4.98 Å². The predicted molar refractivity (Wildman–Crippen MR) is 77.5 cm³/mol. The molecule has 0 aliphatic rings. The van der Waals surface area contributed by atoms with Crippen LogP contribution in [0.15, 0.2) is 46.4 Å². The van der Waals surface area contributed by atoms with Gasteiger partial charge in [-0.1, -0.05) is 11.6 Å². The highest BCUT2D eigenvalue weighted by Crippen LogP contribution is 2.35. The van der Waals surface area contributed by atoms with Gasteiger partial charge in [0.15, 0.2) is 0 Å². The van der Waals surface area contributed by atoms with Gasteiger partial charge in [0, 0.05) is 22.0 Å². The second kappa shape index (κ2) is 4.24. The van der Waals surface area contributed by atoms with Gasteiger partial charge in [-0.05, 0) is 53.2 Å². The Kier molecular flexibility index (Phi) is 2.73. The van der Waals surface area contributed by atoms with E-state index in [1.54, 1.807) is 11.3 Å². The normalized spacial score (nSPS) is 10.9. The zero-order chi connectivity index (χ0) is 11.8. The number of rotatable bonds is 1. The van der Waals surface area contributed by atoms with Crippen molar-refractivity contribution in [3.05, 3.63) is 51.9 Å². The fourth-order valence-electron chi connectivity index (χ4n) is 1.93. The number of thiophene rings is 1. The zero-order valence-electron chi connectivity index (χ0n) is 9.27. The molecule has 0 fully saturated rings. The fourth-order valence-corrected chi connectivity index (χ4v) is 3.36. The molecule has 0 N–H and O–H groups in total. The molecule has 2 aromatic heterocycles. The number of pyridine rings is 1. The molecular weight excluding hydrogens is 294 g/mol. The van der Waals surface area contributed by atoms with Crippen LogP contribution in [-0.4, -0.2) is 4.98 Å². The Bertz CT molecular complexity index is 688. The predicted octanol–water partition coefficient (Wildman–Crippen LogP) is 5.03. The minimum Gasteiger partial charge on any atom is -0.256 e. The smallest absolute Gasteiger partial charge is 0.0708 e. The van der Waals surface area contributed by atoms with E-state index in [4.69, 9.17) is 0 Å². The van der Waals surface area contributed by atoms with E-state index in [-0.39, 0.29) is 0 Å². The molecule has 0 spiro atoms. The van der Waals surface area contributed by atoms with Crippen LogP contribution in [-0.2, 0) is 0 Å². The molecule has 1 aromatic carbocycles. The van der Waals surface area contributed by atoms with E-state index >= 15 is 0 Å². The first kappa shape index (κ1) is 10.9. The lowest BCUT2D eigenvalue weighted by molar-refractivity contribution is 1.40. The molecule has 0 saturated carbocycles. The van der Waals surface area contributed by atoms with Crippen molar-refractivity contribution in [2.45, 2.75) is 6.92 Å². The van der Waals surface area contributed by atoms with Crippen LogP contribution in [0.1, 0.15) is 5.56 Å². The summed E-state index contributed by atoms with van der Waals surface area (Å²) in [6, 6.07) is 12.7. The van der Waals surface area contributed by atoms with Gasteiger partial charge in [0.2, 0.25) is 0 Å². The third kappa shape index (κ3) is 2.01. The largest absolute Gasteiger partial charge is 0.256 e. The van der Waals surface area contributed by atoms with Crippen LogP contribution in [0.4, 0.5) is 0 Å². The topological polar surface area (TPSA) is 12.9 Å². The number of halogens is 1. The monoisotopic (exact) mass is 303 g/mol. The number of hydrogen-bond donors (Lipinski definition) is 0. The van der Waals surface area contributed by atoms with Gasteiger partial charge in [0.1, 0.15) is 0 Å². The number of aryl methyl sites for hydroxylation is 1. The molecule has 3 aromatic rings. The molecule has 84 valence electrons. The summed E-state index contributed by atoms with van der Waals surface area (Å²) in [5.41, 5.74) is 3.58. The fraction of sp³-hybridized carbons (Fsp3) is 0.0714. The molecule has 17 heavy (non-hydrogen) atoms. The highest BCUT2D eigenvalue weighted by atomic mass is 79.9. The zero-order valence-corrected chi connectivity index (χ0v) is 11.7. The molecule has 2 heterocycles. The first-order valence-corrected chi connectivity index (χ1v) is 6.96. The minimum absolute atomic E-state index is 1.05. The summed E-state index contributed by atoms with van der Waals surface area (Å²) < 4.78 is 1.16. The van der Waals surface area contributed by atoms with Crippen LogP contribution >= 0.6 is 27.3 Å². The first-order chi connectivity index (χ1) is 8.24. The van der Waals surface area contributed by atoms with Crippen molar-refractivity contribution in [2.75, 3.05) is 0 Å². The van der Waals surface area contributed by atoms with Gasteiger partial charge in [-0.2, -0.15) is 0 Å². The number of hydrogen-bond acceptors (Lipinski definition) is 2. The highest BCUT2D eigenvalue weighted by Gasteiger charge is 2.06. The molecular formula is C14H10BrNS. The second-order valence-corrected chi connectivity index (χ2v) is 6.45. The molecule has 0 unspecified atom stereocenters. The number of aromatic nitrogens is 1. The molecule has 0 atom stereocenters. The molecule has 0 bridgehead atoms. The molecule has 1 nitrogen and oxygen atoms in total. The lowest BCUT2D eigenvalue weighted by Crippen LogP contribution is -1.83. The molecule has 0 radical (unpaired) electrons. The van der Waals surface area contributed by atoms with Gasteiger partial charge in [-0.15, -0.1) is 11.3 Å². The van der Waals surface area contributed by atoms with Crippen molar-refractivity contribution >= 4 is 38.2 Å². The van der Waals surface area contributed by atoms with Gasteiger partial charge in [-0.3, -0.25) is 4.98 Å². The maximum atomic E-state index is 4.41. The van der Waals surface area contributed by atoms with Gasteiger partial charge in [-0.25, -0.2) is 0 Å². The third-order valence-electron chi connectivity index (χ3n) is 2.74. The van der Waals surface area contributed by atoms with E-state index in [1.807, 2.05) is 6.20 Å². The van der Waals surface area contributed by atoms with Crippen LogP contribution < -0.4 is 0 Å². The molecule has 0 aliphatic heterocycles. The van der Waals surface area contributed by atoms with E-state index < -0.39 is 0 Å². The molecule has 0 aliphatic carbocycles. The Morgan fingerprint density at radius 2 is 2.00 bits per heavy atom. The Morgan fingerprint density at radius 1 is 1.12 bits per heavy atom. The molecule has 3 heteroatoms. The van der Waals surface area contributed by atoms with Gasteiger partial charge >= 0.3 is 0 Å². The average Bonchev–Trinajstić information content (AvgIpc) is 2.75. The standard InChI is InChI=1S/C14H10BrNS/c1-9-2-3-12-11(8-9)10(6-7-16-12)13-4-5-14(15)17-13/h2-8H,1H3. The number of fused-ring (bicyclic) bond motifs is 1. The van der Waals surface area contributed by atoms with Crippen molar-refractivity contribution < 1.29 is 0 Å². The van der Waals surface area contributed by atoms with Crippen molar-refractivity contribution in [2.24, 2.45) is 0 Å². The summed E-state index contributed by atoms with van der Waals surface area (Å²) in [5.74, 6) is 0. The van der Waals surface area contributed by atoms with Gasteiger partial charge in [0.05, 0.1) is 9.30 Å². The summed E-state index contributed by atoms with van der Waals surface area (Å²) in [6.45, 7) is 2.11. The third-order valence-corrected chi connectivity index (χ3v) is 4.39. The van der Waals surface area contributed by atoms with Crippen LogP contribution in [0.3, 0.4) is 0 Å². The first-order valence-electron chi connectivity index (χ1n) is 5.35. The summed E-state index contributed by atoms with van der Waals surface area (Å²) in [7, 11) is 0. The van der Waals surface area contributed by atoms with Gasteiger partial charge in [0.25, 0.3) is 0 Å². The van der Waals surface area contributed by atoms with Crippen LogP contribution in [0.2, 0.25) is 0 Å². The van der Waals surface area contributed by atoms with Gasteiger partial charge < -0.3 is 0 Å². The Balaban J connectivity index is 2.32. The average molecular weight is 304 g/mol. The molecule has 3 rings (SSSR count). The number of nitrogens with zero attached hydrogens (tertiary/aromatic N) is 1. The Labute approximate surface area is 112 Å². The highest BCUT2D eigenvalue weighted by molar-refractivity contribution is 9.11. The summed E-state index contributed by atoms with van der Waals surface area (Å²) in [4.78, 5) is 5.68. The lowest BCUT2D eigenvalue weighted by atomic mass is 10.1. The van der Waals surface area contributed by atoms with Crippen molar-refractivity contribution in [3.8, 4) is 10.4 Å². The van der Waals surface area contributed by atoms with Crippen molar-refractivity contribution in [1.29, 1.82) is 0 Å². The summed E-state index contributed by atoms with van der Waals surface area (Å²) in [5, 5.41) is 1.22. The summed E-state index contributed by atoms with van der Waals surface area (Å²) >= 11 is 5.26. The number of benzene rings is 1. The maximum Gasteiger partial charge on any atom is 0.0708 e.